The molecule has 0 aliphatic heterocycles. The lowest BCUT2D eigenvalue weighted by molar-refractivity contribution is -0.137. The summed E-state index contributed by atoms with van der Waals surface area (Å²) in [6.07, 6.45) is -3.08. The Kier molecular flexibility index (Phi) is 4.21. The Morgan fingerprint density at radius 2 is 1.76 bits per heavy atom. The van der Waals surface area contributed by atoms with Gasteiger partial charge in [0.15, 0.2) is 0 Å². The molecule has 0 bridgehead atoms. The summed E-state index contributed by atoms with van der Waals surface area (Å²) in [5.74, 6) is 0.302. The molecule has 0 saturated carbocycles. The fourth-order valence-corrected chi connectivity index (χ4v) is 1.74. The summed E-state index contributed by atoms with van der Waals surface area (Å²) in [6.45, 7) is 3.63. The average Bonchev–Trinajstić information content (AvgIpc) is 2.37. The lowest BCUT2D eigenvalue weighted by Crippen LogP contribution is -2.05. The van der Waals surface area contributed by atoms with Gasteiger partial charge in [0.25, 0.3) is 0 Å². The molecular formula is C14H13F3N4. The van der Waals surface area contributed by atoms with Crippen LogP contribution in [0.5, 0.6) is 0 Å². The lowest BCUT2D eigenvalue weighted by atomic mass is 10.1. The molecule has 7 heteroatoms. The molecule has 1 heterocycles. The first-order valence-corrected chi connectivity index (χ1v) is 6.13. The maximum absolute atomic E-state index is 12.6. The smallest absolute Gasteiger partial charge is 0.245 e. The summed E-state index contributed by atoms with van der Waals surface area (Å²) in [5.41, 5.74) is 3.77. The van der Waals surface area contributed by atoms with E-state index >= 15 is 0 Å². The highest BCUT2D eigenvalue weighted by Crippen LogP contribution is 2.29. The first kappa shape index (κ1) is 15.0. The highest BCUT2D eigenvalue weighted by Gasteiger charge is 2.30. The number of benzene rings is 1. The van der Waals surface area contributed by atoms with Crippen molar-refractivity contribution in [2.45, 2.75) is 20.0 Å². The van der Waals surface area contributed by atoms with Gasteiger partial charge >= 0.3 is 6.18 Å². The van der Waals surface area contributed by atoms with Gasteiger partial charge < -0.3 is 0 Å². The van der Waals surface area contributed by atoms with E-state index in [0.29, 0.717) is 11.5 Å². The molecule has 1 N–H and O–H groups in total. The van der Waals surface area contributed by atoms with Crippen LogP contribution in [0.3, 0.4) is 0 Å². The van der Waals surface area contributed by atoms with Crippen LogP contribution in [0.4, 0.5) is 19.1 Å². The monoisotopic (exact) mass is 294 g/mol. The largest absolute Gasteiger partial charge is 0.416 e. The second kappa shape index (κ2) is 5.90. The number of aryl methyl sites for hydroxylation is 2. The summed E-state index contributed by atoms with van der Waals surface area (Å²) in [5, 5.41) is 3.85. The van der Waals surface area contributed by atoms with Crippen molar-refractivity contribution in [3.8, 4) is 0 Å². The molecular weight excluding hydrogens is 281 g/mol. The van der Waals surface area contributed by atoms with Gasteiger partial charge in [0.1, 0.15) is 0 Å². The van der Waals surface area contributed by atoms with Crippen LogP contribution in [-0.2, 0) is 6.18 Å². The van der Waals surface area contributed by atoms with Crippen molar-refractivity contribution in [3.63, 3.8) is 0 Å². The van der Waals surface area contributed by atoms with E-state index in [1.54, 1.807) is 0 Å². The van der Waals surface area contributed by atoms with Crippen molar-refractivity contribution in [3.05, 3.63) is 52.8 Å². The Balaban J connectivity index is 2.11. The minimum atomic E-state index is -4.37. The average molecular weight is 294 g/mol. The highest BCUT2D eigenvalue weighted by molar-refractivity contribution is 5.80. The molecule has 0 atom stereocenters. The SMILES string of the molecule is Cc1cc(C)nc(N/N=C/c2cccc(C(F)(F)F)c2)n1. The third kappa shape index (κ3) is 4.27. The van der Waals surface area contributed by atoms with Crippen molar-refractivity contribution < 1.29 is 13.2 Å². The molecule has 0 unspecified atom stereocenters. The quantitative estimate of drug-likeness (QED) is 0.695. The van der Waals surface area contributed by atoms with Crippen LogP contribution in [0.1, 0.15) is 22.5 Å². The van der Waals surface area contributed by atoms with Crippen LogP contribution in [-0.4, -0.2) is 16.2 Å². The Hall–Kier alpha value is -2.44. The van der Waals surface area contributed by atoms with E-state index in [9.17, 15) is 13.2 Å². The second-order valence-electron chi connectivity index (χ2n) is 4.47. The molecule has 0 saturated heterocycles. The molecule has 1 aromatic carbocycles. The number of hydrogen-bond acceptors (Lipinski definition) is 4. The van der Waals surface area contributed by atoms with Crippen molar-refractivity contribution in [1.82, 2.24) is 9.97 Å². The molecule has 0 radical (unpaired) electrons. The number of hydrogen-bond donors (Lipinski definition) is 1. The van der Waals surface area contributed by atoms with E-state index in [-0.39, 0.29) is 0 Å². The predicted octanol–water partition coefficient (Wildman–Crippen LogP) is 3.56. The van der Waals surface area contributed by atoms with Crippen molar-refractivity contribution in [2.24, 2.45) is 5.10 Å². The molecule has 0 aliphatic rings. The molecule has 0 spiro atoms. The fourth-order valence-electron chi connectivity index (χ4n) is 1.74. The summed E-state index contributed by atoms with van der Waals surface area (Å²) in [7, 11) is 0. The number of nitrogens with zero attached hydrogens (tertiary/aromatic N) is 3. The van der Waals surface area contributed by atoms with Crippen LogP contribution >= 0.6 is 0 Å². The molecule has 2 aromatic rings. The fraction of sp³-hybridized carbons (Fsp3) is 0.214. The zero-order valence-electron chi connectivity index (χ0n) is 11.4. The van der Waals surface area contributed by atoms with Crippen molar-refractivity contribution >= 4 is 12.2 Å². The summed E-state index contributed by atoms with van der Waals surface area (Å²) < 4.78 is 37.7. The summed E-state index contributed by atoms with van der Waals surface area (Å²) >= 11 is 0. The number of alkyl halides is 3. The third-order valence-electron chi connectivity index (χ3n) is 2.57. The lowest BCUT2D eigenvalue weighted by Gasteiger charge is -2.06. The van der Waals surface area contributed by atoms with E-state index in [0.717, 1.165) is 23.5 Å². The van der Waals surface area contributed by atoms with E-state index < -0.39 is 11.7 Å². The van der Waals surface area contributed by atoms with E-state index in [2.05, 4.69) is 20.5 Å². The Morgan fingerprint density at radius 3 is 2.38 bits per heavy atom. The number of aromatic nitrogens is 2. The topological polar surface area (TPSA) is 50.2 Å². The molecule has 4 nitrogen and oxygen atoms in total. The number of halogens is 3. The summed E-state index contributed by atoms with van der Waals surface area (Å²) in [6, 6.07) is 6.70. The van der Waals surface area contributed by atoms with Crippen LogP contribution in [0, 0.1) is 13.8 Å². The minimum Gasteiger partial charge on any atom is -0.245 e. The highest BCUT2D eigenvalue weighted by atomic mass is 19.4. The van der Waals surface area contributed by atoms with Gasteiger partial charge in [-0.3, -0.25) is 0 Å². The van der Waals surface area contributed by atoms with Crippen molar-refractivity contribution in [2.75, 3.05) is 5.43 Å². The molecule has 0 aliphatic carbocycles. The molecule has 2 rings (SSSR count). The molecule has 0 fully saturated rings. The maximum atomic E-state index is 12.6. The predicted molar refractivity (Wildman–Crippen MR) is 74.2 cm³/mol. The van der Waals surface area contributed by atoms with Crippen LogP contribution in [0.2, 0.25) is 0 Å². The van der Waals surface area contributed by atoms with Crippen LogP contribution in [0.25, 0.3) is 0 Å². The first-order valence-electron chi connectivity index (χ1n) is 6.13. The second-order valence-corrected chi connectivity index (χ2v) is 4.47. The third-order valence-corrected chi connectivity index (χ3v) is 2.57. The Morgan fingerprint density at radius 1 is 1.10 bits per heavy atom. The van der Waals surface area contributed by atoms with Gasteiger partial charge in [-0.15, -0.1) is 0 Å². The summed E-state index contributed by atoms with van der Waals surface area (Å²) in [4.78, 5) is 8.21. The van der Waals surface area contributed by atoms with E-state index in [1.165, 1.54) is 18.3 Å². The normalized spacial score (nSPS) is 11.9. The maximum Gasteiger partial charge on any atom is 0.416 e. The van der Waals surface area contributed by atoms with E-state index in [1.807, 2.05) is 19.9 Å². The van der Waals surface area contributed by atoms with E-state index in [4.69, 9.17) is 0 Å². The molecule has 110 valence electrons. The number of anilines is 1. The van der Waals surface area contributed by atoms with Crippen LogP contribution < -0.4 is 5.43 Å². The van der Waals surface area contributed by atoms with Gasteiger partial charge in [-0.1, -0.05) is 12.1 Å². The van der Waals surface area contributed by atoms with Crippen molar-refractivity contribution in [1.29, 1.82) is 0 Å². The molecule has 21 heavy (non-hydrogen) atoms. The van der Waals surface area contributed by atoms with Gasteiger partial charge in [0.05, 0.1) is 11.8 Å². The Labute approximate surface area is 119 Å². The van der Waals surface area contributed by atoms with Gasteiger partial charge in [0, 0.05) is 11.4 Å². The van der Waals surface area contributed by atoms with Gasteiger partial charge in [-0.25, -0.2) is 15.4 Å². The first-order chi connectivity index (χ1) is 9.84. The molecule has 0 amide bonds. The zero-order chi connectivity index (χ0) is 15.5. The Bertz CT molecular complexity index is 645. The number of rotatable bonds is 3. The van der Waals surface area contributed by atoms with Gasteiger partial charge in [-0.2, -0.15) is 18.3 Å². The molecule has 1 aromatic heterocycles. The van der Waals surface area contributed by atoms with Gasteiger partial charge in [-0.05, 0) is 37.6 Å². The van der Waals surface area contributed by atoms with Crippen LogP contribution in [0.15, 0.2) is 35.4 Å². The van der Waals surface area contributed by atoms with Gasteiger partial charge in [0.2, 0.25) is 5.95 Å². The standard InChI is InChI=1S/C14H13F3N4/c1-9-6-10(2)20-13(19-9)21-18-8-11-4-3-5-12(7-11)14(15,16)17/h3-8H,1-2H3,(H,19,20,21)/b18-8+. The number of nitrogens with one attached hydrogen (secondary N) is 1. The minimum absolute atomic E-state index is 0.302. The number of hydrazone groups is 1. The zero-order valence-corrected chi connectivity index (χ0v) is 11.4.